The van der Waals surface area contributed by atoms with Gasteiger partial charge in [-0.3, -0.25) is 14.9 Å². The van der Waals surface area contributed by atoms with Crippen molar-refractivity contribution in [2.45, 2.75) is 84.8 Å². The van der Waals surface area contributed by atoms with Crippen molar-refractivity contribution in [2.75, 3.05) is 23.4 Å². The third kappa shape index (κ3) is 9.39. The van der Waals surface area contributed by atoms with Gasteiger partial charge in [-0.1, -0.05) is 67.0 Å². The zero-order valence-electron chi connectivity index (χ0n) is 30.7. The van der Waals surface area contributed by atoms with Gasteiger partial charge in [-0.2, -0.15) is 0 Å². The lowest BCUT2D eigenvalue weighted by Gasteiger charge is -2.31. The first-order valence-corrected chi connectivity index (χ1v) is 19.0. The van der Waals surface area contributed by atoms with Gasteiger partial charge in [-0.15, -0.1) is 0 Å². The van der Waals surface area contributed by atoms with Crippen molar-refractivity contribution in [1.82, 2.24) is 9.97 Å². The van der Waals surface area contributed by atoms with Gasteiger partial charge in [0, 0.05) is 30.6 Å². The average Bonchev–Trinajstić information content (AvgIpc) is 3.54. The highest BCUT2D eigenvalue weighted by molar-refractivity contribution is 7.22. The number of hydrogen-bond donors (Lipinski definition) is 2. The van der Waals surface area contributed by atoms with Gasteiger partial charge in [0.15, 0.2) is 10.8 Å². The van der Waals surface area contributed by atoms with E-state index in [1.165, 1.54) is 11.3 Å². The minimum absolute atomic E-state index is 0.210. The van der Waals surface area contributed by atoms with Crippen molar-refractivity contribution in [3.8, 4) is 16.9 Å². The Kier molecular flexibility index (Phi) is 11.7. The zero-order chi connectivity index (χ0) is 37.5. The summed E-state index contributed by atoms with van der Waals surface area (Å²) in [6.07, 6.45) is 5.30. The van der Waals surface area contributed by atoms with Crippen LogP contribution in [0, 0.1) is 6.92 Å². The standard InChI is InChI=1S/C42H46N4O6S/c1-27-29(15-13-18-34(27)51-25-11-7-5-6-8-20-37(47)48)30-21-22-36(44-38(30)40(50)52-42(2,3)4)46-24-23-28-14-12-16-31(32(28)26-46)39(49)45-41-43-33-17-9-10-19-35(33)53-41/h9-10,12-19,21-22H,5-8,11,20,23-26H2,1-4H3,(H,47,48)(H,43,45,49). The molecule has 11 heteroatoms. The van der Waals surface area contributed by atoms with Crippen molar-refractivity contribution in [3.63, 3.8) is 0 Å². The molecule has 0 aliphatic carbocycles. The maximum atomic E-state index is 13.8. The first-order valence-electron chi connectivity index (χ1n) is 18.2. The second-order valence-electron chi connectivity index (χ2n) is 14.3. The molecule has 0 fully saturated rings. The Morgan fingerprint density at radius 1 is 0.887 bits per heavy atom. The van der Waals surface area contributed by atoms with Gasteiger partial charge in [0.2, 0.25) is 0 Å². The van der Waals surface area contributed by atoms with Gasteiger partial charge in [-0.25, -0.2) is 14.8 Å². The number of rotatable bonds is 14. The number of carboxylic acid groups (broad SMARTS) is 1. The van der Waals surface area contributed by atoms with E-state index in [2.05, 4.69) is 21.3 Å². The molecule has 53 heavy (non-hydrogen) atoms. The normalized spacial score (nSPS) is 12.7. The molecule has 0 unspecified atom stereocenters. The van der Waals surface area contributed by atoms with Crippen LogP contribution in [-0.4, -0.2) is 51.7 Å². The second kappa shape index (κ2) is 16.6. The topological polar surface area (TPSA) is 131 Å². The summed E-state index contributed by atoms with van der Waals surface area (Å²) in [5.41, 5.74) is 5.31. The molecule has 10 nitrogen and oxygen atoms in total. The third-order valence-corrected chi connectivity index (χ3v) is 10.1. The minimum atomic E-state index is -0.752. The summed E-state index contributed by atoms with van der Waals surface area (Å²) in [5.74, 6) is -0.130. The number of pyridine rings is 1. The number of carboxylic acids is 1. The number of esters is 1. The zero-order valence-corrected chi connectivity index (χ0v) is 31.6. The maximum Gasteiger partial charge on any atom is 0.358 e. The fraction of sp³-hybridized carbons (Fsp3) is 0.357. The number of para-hydroxylation sites is 1. The number of fused-ring (bicyclic) bond motifs is 2. The van der Waals surface area contributed by atoms with Gasteiger partial charge < -0.3 is 19.5 Å². The number of aromatic nitrogens is 2. The Hall–Kier alpha value is -5.29. The second-order valence-corrected chi connectivity index (χ2v) is 15.3. The van der Waals surface area contributed by atoms with E-state index in [9.17, 15) is 14.4 Å². The van der Waals surface area contributed by atoms with Crippen molar-refractivity contribution in [3.05, 3.63) is 101 Å². The number of anilines is 2. The van der Waals surface area contributed by atoms with E-state index < -0.39 is 17.5 Å². The van der Waals surface area contributed by atoms with Gasteiger partial charge in [0.25, 0.3) is 5.91 Å². The molecular weight excluding hydrogens is 689 g/mol. The fourth-order valence-electron chi connectivity index (χ4n) is 6.56. The first kappa shape index (κ1) is 37.5. The van der Waals surface area contributed by atoms with Crippen LogP contribution in [0.15, 0.2) is 72.8 Å². The summed E-state index contributed by atoms with van der Waals surface area (Å²) in [6, 6.07) is 23.3. The lowest BCUT2D eigenvalue weighted by Crippen LogP contribution is -2.33. The monoisotopic (exact) mass is 734 g/mol. The van der Waals surface area contributed by atoms with E-state index in [0.29, 0.717) is 54.6 Å². The van der Waals surface area contributed by atoms with E-state index in [-0.39, 0.29) is 18.0 Å². The van der Waals surface area contributed by atoms with Gasteiger partial charge >= 0.3 is 11.9 Å². The molecule has 1 aliphatic rings. The summed E-state index contributed by atoms with van der Waals surface area (Å²) < 4.78 is 13.1. The van der Waals surface area contributed by atoms with Crippen LogP contribution in [0.25, 0.3) is 21.3 Å². The number of aliphatic carboxylic acids is 1. The molecule has 2 N–H and O–H groups in total. The van der Waals surface area contributed by atoms with Crippen LogP contribution < -0.4 is 15.0 Å². The van der Waals surface area contributed by atoms with E-state index in [1.807, 2.05) is 94.4 Å². The van der Waals surface area contributed by atoms with Crippen LogP contribution in [0.3, 0.4) is 0 Å². The van der Waals surface area contributed by atoms with Crippen molar-refractivity contribution >= 4 is 50.3 Å². The van der Waals surface area contributed by atoms with Crippen molar-refractivity contribution in [1.29, 1.82) is 0 Å². The molecule has 1 amide bonds. The molecule has 5 aromatic rings. The average molecular weight is 735 g/mol. The maximum absolute atomic E-state index is 13.8. The molecule has 3 heterocycles. The fourth-order valence-corrected chi connectivity index (χ4v) is 7.42. The van der Waals surface area contributed by atoms with E-state index in [0.717, 1.165) is 63.9 Å². The number of thiazole rings is 1. The molecule has 3 aromatic carbocycles. The molecule has 0 radical (unpaired) electrons. The van der Waals surface area contributed by atoms with Crippen LogP contribution in [0.2, 0.25) is 0 Å². The van der Waals surface area contributed by atoms with Crippen molar-refractivity contribution in [2.24, 2.45) is 0 Å². The predicted molar refractivity (Wildman–Crippen MR) is 209 cm³/mol. The van der Waals surface area contributed by atoms with Gasteiger partial charge in [0.05, 0.1) is 16.8 Å². The highest BCUT2D eigenvalue weighted by atomic mass is 32.1. The number of carbonyl (C=O) groups excluding carboxylic acids is 2. The number of carbonyl (C=O) groups is 3. The quantitative estimate of drug-likeness (QED) is 0.0847. The van der Waals surface area contributed by atoms with Crippen LogP contribution in [0.1, 0.15) is 96.8 Å². The third-order valence-electron chi connectivity index (χ3n) is 9.20. The Bertz CT molecular complexity index is 2090. The number of amides is 1. The number of benzene rings is 3. The van der Waals surface area contributed by atoms with Crippen molar-refractivity contribution < 1.29 is 29.0 Å². The molecule has 0 saturated carbocycles. The molecule has 0 bridgehead atoms. The Labute approximate surface area is 314 Å². The Balaban J connectivity index is 1.22. The lowest BCUT2D eigenvalue weighted by molar-refractivity contribution is -0.137. The molecule has 1 aliphatic heterocycles. The molecule has 0 atom stereocenters. The Morgan fingerprint density at radius 2 is 1.66 bits per heavy atom. The number of nitrogens with zero attached hydrogens (tertiary/aromatic N) is 3. The number of hydrogen-bond acceptors (Lipinski definition) is 9. The van der Waals surface area contributed by atoms with Gasteiger partial charge in [0.1, 0.15) is 17.2 Å². The van der Waals surface area contributed by atoms with Crippen LogP contribution in [-0.2, 0) is 22.5 Å². The summed E-state index contributed by atoms with van der Waals surface area (Å²) in [6.45, 7) is 9.13. The van der Waals surface area contributed by atoms with Crippen LogP contribution in [0.5, 0.6) is 5.75 Å². The van der Waals surface area contributed by atoms with Crippen LogP contribution >= 0.6 is 11.3 Å². The molecular formula is C42H46N4O6S. The van der Waals surface area contributed by atoms with Crippen LogP contribution in [0.4, 0.5) is 10.9 Å². The lowest BCUT2D eigenvalue weighted by atomic mass is 9.94. The minimum Gasteiger partial charge on any atom is -0.493 e. The smallest absolute Gasteiger partial charge is 0.358 e. The first-order chi connectivity index (χ1) is 25.5. The highest BCUT2D eigenvalue weighted by Gasteiger charge is 2.28. The SMILES string of the molecule is Cc1c(OCCCCCCCC(=O)O)cccc1-c1ccc(N2CCc3cccc(C(=O)Nc4nc5ccccc5s4)c3C2)nc1C(=O)OC(C)(C)C. The predicted octanol–water partition coefficient (Wildman–Crippen LogP) is 9.24. The number of unbranched alkanes of at least 4 members (excludes halogenated alkanes) is 4. The Morgan fingerprint density at radius 3 is 2.45 bits per heavy atom. The number of nitrogens with one attached hydrogen (secondary N) is 1. The molecule has 276 valence electrons. The summed E-state index contributed by atoms with van der Waals surface area (Å²) in [4.78, 5) is 49.8. The van der Waals surface area contributed by atoms with E-state index in [1.54, 1.807) is 0 Å². The van der Waals surface area contributed by atoms with Gasteiger partial charge in [-0.05, 0) is 106 Å². The summed E-state index contributed by atoms with van der Waals surface area (Å²) in [5, 5.41) is 12.4. The largest absolute Gasteiger partial charge is 0.493 e. The summed E-state index contributed by atoms with van der Waals surface area (Å²) in [7, 11) is 0. The summed E-state index contributed by atoms with van der Waals surface area (Å²) >= 11 is 1.44. The molecule has 6 rings (SSSR count). The molecule has 0 saturated heterocycles. The number of ether oxygens (including phenoxy) is 2. The van der Waals surface area contributed by atoms with E-state index in [4.69, 9.17) is 19.6 Å². The van der Waals surface area contributed by atoms with E-state index >= 15 is 0 Å². The molecule has 0 spiro atoms. The molecule has 2 aromatic heterocycles. The highest BCUT2D eigenvalue weighted by Crippen LogP contribution is 2.35.